The van der Waals surface area contributed by atoms with Gasteiger partial charge in [0.15, 0.2) is 0 Å². The van der Waals surface area contributed by atoms with E-state index < -0.39 is 18.6 Å². The third kappa shape index (κ3) is 6.48. The van der Waals surface area contributed by atoms with Gasteiger partial charge in [0.2, 0.25) is 5.91 Å². The van der Waals surface area contributed by atoms with Crippen LogP contribution in [0.2, 0.25) is 0 Å². The van der Waals surface area contributed by atoms with Gasteiger partial charge < -0.3 is 15.2 Å². The molecule has 0 aromatic carbocycles. The molecular formula is C10H16F3NO3. The highest BCUT2D eigenvalue weighted by Crippen LogP contribution is 2.20. The quantitative estimate of drug-likeness (QED) is 0.787. The molecular weight excluding hydrogens is 239 g/mol. The molecule has 0 bridgehead atoms. The van der Waals surface area contributed by atoms with Crippen LogP contribution in [0.3, 0.4) is 0 Å². The van der Waals surface area contributed by atoms with Crippen LogP contribution in [0.4, 0.5) is 13.2 Å². The minimum absolute atomic E-state index is 0.143. The maximum atomic E-state index is 11.8. The average Bonchev–Trinajstić information content (AvgIpc) is 2.25. The van der Waals surface area contributed by atoms with Crippen LogP contribution in [0.5, 0.6) is 0 Å². The number of carbonyl (C=O) groups excluding carboxylic acids is 1. The molecule has 1 aliphatic rings. The first-order chi connectivity index (χ1) is 7.87. The van der Waals surface area contributed by atoms with Crippen molar-refractivity contribution in [1.29, 1.82) is 0 Å². The van der Waals surface area contributed by atoms with Crippen LogP contribution in [0.1, 0.15) is 25.7 Å². The van der Waals surface area contributed by atoms with Gasteiger partial charge in [0, 0.05) is 0 Å². The Balaban J connectivity index is 2.11. The Bertz CT molecular complexity index is 250. The molecule has 1 fully saturated rings. The molecule has 17 heavy (non-hydrogen) atoms. The van der Waals surface area contributed by atoms with Crippen molar-refractivity contribution in [3.63, 3.8) is 0 Å². The van der Waals surface area contributed by atoms with Gasteiger partial charge in [0.05, 0.1) is 12.2 Å². The molecule has 0 aromatic rings. The summed E-state index contributed by atoms with van der Waals surface area (Å²) < 4.78 is 40.5. The lowest BCUT2D eigenvalue weighted by atomic mass is 9.95. The van der Waals surface area contributed by atoms with Gasteiger partial charge in [-0.1, -0.05) is 0 Å². The van der Waals surface area contributed by atoms with Gasteiger partial charge in [-0.2, -0.15) is 13.2 Å². The smallest absolute Gasteiger partial charge is 0.393 e. The number of halogens is 3. The monoisotopic (exact) mass is 255 g/mol. The molecule has 100 valence electrons. The third-order valence-corrected chi connectivity index (χ3v) is 2.58. The summed E-state index contributed by atoms with van der Waals surface area (Å²) in [6.45, 7) is -1.70. The highest BCUT2D eigenvalue weighted by atomic mass is 19.4. The van der Waals surface area contributed by atoms with Crippen molar-refractivity contribution in [3.8, 4) is 0 Å². The van der Waals surface area contributed by atoms with Gasteiger partial charge in [-0.25, -0.2) is 0 Å². The number of rotatable bonds is 4. The van der Waals surface area contributed by atoms with Crippen molar-refractivity contribution in [2.24, 2.45) is 0 Å². The second kappa shape index (κ2) is 6.20. The Kier molecular flexibility index (Phi) is 5.20. The highest BCUT2D eigenvalue weighted by Gasteiger charge is 2.28. The topological polar surface area (TPSA) is 58.6 Å². The van der Waals surface area contributed by atoms with E-state index in [2.05, 4.69) is 0 Å². The van der Waals surface area contributed by atoms with Crippen LogP contribution in [-0.4, -0.2) is 42.5 Å². The Morgan fingerprint density at radius 1 is 1.29 bits per heavy atom. The number of hydrogen-bond donors (Lipinski definition) is 2. The summed E-state index contributed by atoms with van der Waals surface area (Å²) in [4.78, 5) is 11.0. The van der Waals surface area contributed by atoms with Gasteiger partial charge in [-0.15, -0.1) is 0 Å². The van der Waals surface area contributed by atoms with Crippen molar-refractivity contribution in [2.75, 3.05) is 13.2 Å². The van der Waals surface area contributed by atoms with Crippen LogP contribution in [0.15, 0.2) is 0 Å². The van der Waals surface area contributed by atoms with Crippen molar-refractivity contribution in [2.45, 2.75) is 44.1 Å². The lowest BCUT2D eigenvalue weighted by molar-refractivity contribution is -0.142. The maximum Gasteiger partial charge on any atom is 0.405 e. The number of aliphatic hydroxyl groups excluding tert-OH is 1. The lowest BCUT2D eigenvalue weighted by Gasteiger charge is -2.25. The van der Waals surface area contributed by atoms with E-state index in [-0.39, 0.29) is 18.8 Å². The summed E-state index contributed by atoms with van der Waals surface area (Å²) in [7, 11) is 0. The minimum atomic E-state index is -4.40. The molecule has 1 amide bonds. The number of amides is 1. The second-order valence-electron chi connectivity index (χ2n) is 4.13. The molecule has 0 aliphatic heterocycles. The van der Waals surface area contributed by atoms with E-state index >= 15 is 0 Å². The van der Waals surface area contributed by atoms with Gasteiger partial charge in [-0.3, -0.25) is 4.79 Å². The molecule has 0 aromatic heterocycles. The normalized spacial score (nSPS) is 25.6. The van der Waals surface area contributed by atoms with Crippen LogP contribution >= 0.6 is 0 Å². The van der Waals surface area contributed by atoms with E-state index in [4.69, 9.17) is 4.74 Å². The molecule has 0 atom stereocenters. The van der Waals surface area contributed by atoms with E-state index in [1.807, 2.05) is 0 Å². The zero-order valence-corrected chi connectivity index (χ0v) is 9.29. The number of aliphatic hydroxyl groups is 1. The Morgan fingerprint density at radius 2 is 1.88 bits per heavy atom. The van der Waals surface area contributed by atoms with Gasteiger partial charge in [0.1, 0.15) is 13.2 Å². The molecule has 0 heterocycles. The average molecular weight is 255 g/mol. The molecule has 1 saturated carbocycles. The predicted octanol–water partition coefficient (Wildman–Crippen LogP) is 0.985. The van der Waals surface area contributed by atoms with Crippen molar-refractivity contribution in [1.82, 2.24) is 5.32 Å². The van der Waals surface area contributed by atoms with Gasteiger partial charge in [-0.05, 0) is 25.7 Å². The lowest BCUT2D eigenvalue weighted by Crippen LogP contribution is -2.37. The van der Waals surface area contributed by atoms with E-state index in [1.165, 1.54) is 0 Å². The number of hydrogen-bond acceptors (Lipinski definition) is 3. The van der Waals surface area contributed by atoms with E-state index in [1.54, 1.807) is 5.32 Å². The fourth-order valence-electron chi connectivity index (χ4n) is 1.66. The molecule has 1 rings (SSSR count). The first-order valence-corrected chi connectivity index (χ1v) is 5.50. The fourth-order valence-corrected chi connectivity index (χ4v) is 1.66. The molecule has 4 nitrogen and oxygen atoms in total. The molecule has 1 aliphatic carbocycles. The van der Waals surface area contributed by atoms with Crippen LogP contribution in [0.25, 0.3) is 0 Å². The highest BCUT2D eigenvalue weighted by molar-refractivity contribution is 5.77. The summed E-state index contributed by atoms with van der Waals surface area (Å²) in [5.41, 5.74) is 0. The number of alkyl halides is 3. The fraction of sp³-hybridized carbons (Fsp3) is 0.900. The SMILES string of the molecule is O=C(COC1CCC(O)CC1)NCC(F)(F)F. The first kappa shape index (κ1) is 14.2. The Morgan fingerprint density at radius 3 is 2.41 bits per heavy atom. The summed E-state index contributed by atoms with van der Waals surface area (Å²) in [5, 5.41) is 11.0. The summed E-state index contributed by atoms with van der Waals surface area (Å²) in [6, 6.07) is 0. The molecule has 0 spiro atoms. The number of ether oxygens (including phenoxy) is 1. The molecule has 7 heteroatoms. The van der Waals surface area contributed by atoms with E-state index in [0.717, 1.165) is 0 Å². The number of nitrogens with one attached hydrogen (secondary N) is 1. The molecule has 0 unspecified atom stereocenters. The molecule has 0 radical (unpaired) electrons. The van der Waals surface area contributed by atoms with Crippen LogP contribution in [-0.2, 0) is 9.53 Å². The minimum Gasteiger partial charge on any atom is -0.393 e. The van der Waals surface area contributed by atoms with Crippen LogP contribution < -0.4 is 5.32 Å². The van der Waals surface area contributed by atoms with Crippen LogP contribution in [0, 0.1) is 0 Å². The van der Waals surface area contributed by atoms with Crippen molar-refractivity contribution >= 4 is 5.91 Å². The zero-order chi connectivity index (χ0) is 12.9. The Hall–Kier alpha value is -0.820. The Labute approximate surface area is 97.1 Å². The first-order valence-electron chi connectivity index (χ1n) is 5.50. The van der Waals surface area contributed by atoms with Crippen molar-refractivity contribution < 1.29 is 27.8 Å². The third-order valence-electron chi connectivity index (χ3n) is 2.58. The standard InChI is InChI=1S/C10H16F3NO3/c11-10(12,13)6-14-9(16)5-17-8-3-1-7(15)2-4-8/h7-8,15H,1-6H2,(H,14,16). The second-order valence-corrected chi connectivity index (χ2v) is 4.13. The zero-order valence-electron chi connectivity index (χ0n) is 9.29. The van der Waals surface area contributed by atoms with Gasteiger partial charge in [0.25, 0.3) is 0 Å². The molecule has 2 N–H and O–H groups in total. The number of carbonyl (C=O) groups is 1. The predicted molar refractivity (Wildman–Crippen MR) is 53.3 cm³/mol. The summed E-state index contributed by atoms with van der Waals surface area (Å²) in [5.74, 6) is -0.770. The van der Waals surface area contributed by atoms with E-state index in [9.17, 15) is 23.1 Å². The largest absolute Gasteiger partial charge is 0.405 e. The van der Waals surface area contributed by atoms with Gasteiger partial charge >= 0.3 is 6.18 Å². The molecule has 0 saturated heterocycles. The van der Waals surface area contributed by atoms with E-state index in [0.29, 0.717) is 25.7 Å². The maximum absolute atomic E-state index is 11.8. The summed E-state index contributed by atoms with van der Waals surface area (Å²) >= 11 is 0. The van der Waals surface area contributed by atoms with Crippen molar-refractivity contribution in [3.05, 3.63) is 0 Å². The summed E-state index contributed by atoms with van der Waals surface area (Å²) in [6.07, 6.45) is -2.39.